The molecule has 8 nitrogen and oxygen atoms in total. The van der Waals surface area contributed by atoms with Gasteiger partial charge >= 0.3 is 0 Å². The second-order valence-electron chi connectivity index (χ2n) is 12.4. The molecule has 0 aliphatic carbocycles. The van der Waals surface area contributed by atoms with Crippen molar-refractivity contribution >= 4 is 34.2 Å². The molecule has 0 bridgehead atoms. The number of aromatic nitrogens is 3. The normalized spacial score (nSPS) is 23.0. The second kappa shape index (κ2) is 12.3. The zero-order valence-electron chi connectivity index (χ0n) is 25.6. The molecule has 1 N–H and O–H groups in total. The molecule has 4 aromatic rings. The first-order chi connectivity index (χ1) is 21.2. The second-order valence-corrected chi connectivity index (χ2v) is 13.7. The molecule has 2 aliphatic heterocycles. The van der Waals surface area contributed by atoms with Gasteiger partial charge in [-0.15, -0.1) is 5.10 Å². The van der Waals surface area contributed by atoms with E-state index in [1.165, 1.54) is 5.56 Å². The van der Waals surface area contributed by atoms with Gasteiger partial charge in [-0.25, -0.2) is 0 Å². The van der Waals surface area contributed by atoms with Crippen LogP contribution in [0.1, 0.15) is 49.6 Å². The zero-order valence-corrected chi connectivity index (χ0v) is 27.8. The van der Waals surface area contributed by atoms with Crippen LogP contribution in [0.4, 0.5) is 5.69 Å². The highest BCUT2D eigenvalue weighted by atomic mass is 127. The SMILES string of the molecule is COc1ccc(C(C)(C)[C@H]2[C@H](CCn3cc(CCO)nn3)O[C@@]3(C(=O)N(Cc4ccccc4)c4ccc(I)cc43)[C@@H]2C)cc1. The van der Waals surface area contributed by atoms with Crippen LogP contribution in [0.25, 0.3) is 0 Å². The van der Waals surface area contributed by atoms with E-state index in [1.807, 2.05) is 46.1 Å². The maximum Gasteiger partial charge on any atom is 0.264 e. The van der Waals surface area contributed by atoms with Gasteiger partial charge in [-0.05, 0) is 75.9 Å². The molecule has 0 saturated carbocycles. The van der Waals surface area contributed by atoms with Gasteiger partial charge in [-0.3, -0.25) is 9.48 Å². The molecular formula is C35H39IN4O4. The van der Waals surface area contributed by atoms with Crippen molar-refractivity contribution in [2.75, 3.05) is 18.6 Å². The molecule has 1 aromatic heterocycles. The smallest absolute Gasteiger partial charge is 0.264 e. The number of aliphatic hydroxyl groups excluding tert-OH is 1. The van der Waals surface area contributed by atoms with E-state index >= 15 is 0 Å². The number of halogens is 1. The molecular weight excluding hydrogens is 667 g/mol. The monoisotopic (exact) mass is 706 g/mol. The summed E-state index contributed by atoms with van der Waals surface area (Å²) in [6.45, 7) is 7.81. The summed E-state index contributed by atoms with van der Waals surface area (Å²) in [5, 5.41) is 17.8. The summed E-state index contributed by atoms with van der Waals surface area (Å²) in [6, 6.07) is 24.6. The molecule has 4 atom stereocenters. The van der Waals surface area contributed by atoms with Gasteiger partial charge in [0.1, 0.15) is 5.75 Å². The molecule has 9 heteroatoms. The Bertz CT molecular complexity index is 1620. The van der Waals surface area contributed by atoms with Crippen molar-refractivity contribution in [3.8, 4) is 5.75 Å². The Kier molecular flexibility index (Phi) is 8.56. The van der Waals surface area contributed by atoms with E-state index < -0.39 is 5.60 Å². The summed E-state index contributed by atoms with van der Waals surface area (Å²) in [6.07, 6.45) is 2.77. The first-order valence-electron chi connectivity index (χ1n) is 15.2. The van der Waals surface area contributed by atoms with E-state index in [4.69, 9.17) is 9.47 Å². The van der Waals surface area contributed by atoms with Crippen molar-refractivity contribution in [3.63, 3.8) is 0 Å². The molecule has 44 heavy (non-hydrogen) atoms. The lowest BCUT2D eigenvalue weighted by atomic mass is 9.63. The number of carbonyl (C=O) groups is 1. The van der Waals surface area contributed by atoms with Crippen LogP contribution in [0.15, 0.2) is 79.0 Å². The van der Waals surface area contributed by atoms with Crippen LogP contribution in [-0.2, 0) is 40.1 Å². The minimum atomic E-state index is -1.12. The Balaban J connectivity index is 1.42. The highest BCUT2D eigenvalue weighted by Crippen LogP contribution is 2.60. The number of aryl methyl sites for hydroxylation is 1. The summed E-state index contributed by atoms with van der Waals surface area (Å²) in [5.41, 5.74) is 3.41. The van der Waals surface area contributed by atoms with Gasteiger partial charge in [-0.2, -0.15) is 0 Å². The van der Waals surface area contributed by atoms with Gasteiger partial charge in [0.05, 0.1) is 31.1 Å². The molecule has 1 saturated heterocycles. The van der Waals surface area contributed by atoms with E-state index in [-0.39, 0.29) is 35.9 Å². The van der Waals surface area contributed by atoms with Gasteiger partial charge in [-0.1, -0.05) is 68.4 Å². The Labute approximate surface area is 272 Å². The Morgan fingerprint density at radius 3 is 2.55 bits per heavy atom. The van der Waals surface area contributed by atoms with Crippen LogP contribution in [0, 0.1) is 15.4 Å². The van der Waals surface area contributed by atoms with Crippen LogP contribution in [-0.4, -0.2) is 45.8 Å². The predicted octanol–water partition coefficient (Wildman–Crippen LogP) is 5.89. The fourth-order valence-corrected chi connectivity index (χ4v) is 7.91. The fourth-order valence-electron chi connectivity index (χ4n) is 7.42. The van der Waals surface area contributed by atoms with Crippen molar-refractivity contribution in [1.29, 1.82) is 0 Å². The lowest BCUT2D eigenvalue weighted by molar-refractivity contribution is -0.146. The summed E-state index contributed by atoms with van der Waals surface area (Å²) >= 11 is 2.33. The number of rotatable bonds is 10. The number of nitrogens with zero attached hydrogens (tertiary/aromatic N) is 4. The minimum absolute atomic E-state index is 0.00247. The molecule has 0 radical (unpaired) electrons. The number of benzene rings is 3. The molecule has 3 aromatic carbocycles. The third-order valence-corrected chi connectivity index (χ3v) is 10.2. The average molecular weight is 707 g/mol. The van der Waals surface area contributed by atoms with Gasteiger partial charge < -0.3 is 19.5 Å². The Hall–Kier alpha value is -3.28. The van der Waals surface area contributed by atoms with Crippen LogP contribution in [0.5, 0.6) is 5.75 Å². The predicted molar refractivity (Wildman–Crippen MR) is 177 cm³/mol. The lowest BCUT2D eigenvalue weighted by Crippen LogP contribution is -2.45. The third kappa shape index (κ3) is 5.32. The topological polar surface area (TPSA) is 89.7 Å². The molecule has 1 spiro atoms. The number of methoxy groups -OCH3 is 1. The number of fused-ring (bicyclic) bond motifs is 2. The standard InChI is InChI=1S/C35H39IN4O4/c1-23-32(34(2,3)25-10-13-28(43-4)14-11-25)31(16-18-39-22-27(17-19-41)37-38-39)44-35(23)29-20-26(36)12-15-30(29)40(33(35)42)21-24-8-6-5-7-9-24/h5-15,20,22-23,31-32,41H,16-19,21H2,1-4H3/t23-,31+,32-,35+/m1/s1. The summed E-state index contributed by atoms with van der Waals surface area (Å²) in [4.78, 5) is 16.7. The average Bonchev–Trinajstić information content (AvgIpc) is 3.67. The van der Waals surface area contributed by atoms with E-state index in [0.29, 0.717) is 25.9 Å². The van der Waals surface area contributed by atoms with Crippen molar-refractivity contribution in [2.24, 2.45) is 11.8 Å². The molecule has 1 amide bonds. The lowest BCUT2D eigenvalue weighted by Gasteiger charge is -2.38. The zero-order chi connectivity index (χ0) is 31.1. The summed E-state index contributed by atoms with van der Waals surface area (Å²) in [7, 11) is 1.68. The Morgan fingerprint density at radius 2 is 1.84 bits per heavy atom. The number of carbonyl (C=O) groups excluding carboxylic acids is 1. The maximum atomic E-state index is 14.8. The van der Waals surface area contributed by atoms with Crippen LogP contribution in [0.2, 0.25) is 0 Å². The van der Waals surface area contributed by atoms with E-state index in [2.05, 4.69) is 96.1 Å². The Morgan fingerprint density at radius 1 is 1.09 bits per heavy atom. The molecule has 6 rings (SSSR count). The quantitative estimate of drug-likeness (QED) is 0.207. The maximum absolute atomic E-state index is 14.8. The van der Waals surface area contributed by atoms with Gasteiger partial charge in [0, 0.05) is 46.7 Å². The molecule has 2 aliphatic rings. The first kappa shape index (κ1) is 30.7. The van der Waals surface area contributed by atoms with Gasteiger partial charge in [0.15, 0.2) is 5.60 Å². The fraction of sp³-hybridized carbons (Fsp3) is 0.400. The number of hydrogen-bond acceptors (Lipinski definition) is 6. The van der Waals surface area contributed by atoms with E-state index in [9.17, 15) is 9.90 Å². The van der Waals surface area contributed by atoms with E-state index in [1.54, 1.807) is 7.11 Å². The first-order valence-corrected chi connectivity index (χ1v) is 16.2. The number of ether oxygens (including phenoxy) is 2. The highest BCUT2D eigenvalue weighted by molar-refractivity contribution is 14.1. The molecule has 0 unspecified atom stereocenters. The number of anilines is 1. The van der Waals surface area contributed by atoms with Crippen molar-refractivity contribution in [3.05, 3.63) is 105 Å². The summed E-state index contributed by atoms with van der Waals surface area (Å²) < 4.78 is 15.5. The van der Waals surface area contributed by atoms with Crippen molar-refractivity contribution in [1.82, 2.24) is 15.0 Å². The van der Waals surface area contributed by atoms with Crippen LogP contribution < -0.4 is 9.64 Å². The van der Waals surface area contributed by atoms with Crippen molar-refractivity contribution in [2.45, 2.75) is 63.8 Å². The van der Waals surface area contributed by atoms with Gasteiger partial charge in [0.2, 0.25) is 0 Å². The largest absolute Gasteiger partial charge is 0.497 e. The van der Waals surface area contributed by atoms with Crippen molar-refractivity contribution < 1.29 is 19.4 Å². The summed E-state index contributed by atoms with van der Waals surface area (Å²) in [5.74, 6) is 0.678. The van der Waals surface area contributed by atoms with Crippen LogP contribution in [0.3, 0.4) is 0 Å². The minimum Gasteiger partial charge on any atom is -0.497 e. The molecule has 3 heterocycles. The number of amides is 1. The van der Waals surface area contributed by atoms with Crippen LogP contribution >= 0.6 is 22.6 Å². The number of aliphatic hydroxyl groups is 1. The van der Waals surface area contributed by atoms with E-state index in [0.717, 1.165) is 31.8 Å². The molecule has 230 valence electrons. The highest BCUT2D eigenvalue weighted by Gasteiger charge is 2.65. The number of hydrogen-bond donors (Lipinski definition) is 1. The third-order valence-electron chi connectivity index (χ3n) is 9.58. The molecule has 1 fully saturated rings. The van der Waals surface area contributed by atoms with Gasteiger partial charge in [0.25, 0.3) is 5.91 Å².